The summed E-state index contributed by atoms with van der Waals surface area (Å²) in [5.74, 6) is 0.644. The summed E-state index contributed by atoms with van der Waals surface area (Å²) >= 11 is 0. The summed E-state index contributed by atoms with van der Waals surface area (Å²) in [5.41, 5.74) is 0.732. The second-order valence-electron chi connectivity index (χ2n) is 4.62. The van der Waals surface area contributed by atoms with Gasteiger partial charge in [0.25, 0.3) is 0 Å². The number of para-hydroxylation sites is 2. The zero-order chi connectivity index (χ0) is 13.5. The average molecular weight is 263 g/mol. The SMILES string of the molecule is CC(=O)Nc1ccccc1OCCN1CCNCC1. The number of hydrogen-bond donors (Lipinski definition) is 2. The van der Waals surface area contributed by atoms with E-state index >= 15 is 0 Å². The van der Waals surface area contributed by atoms with Crippen LogP contribution in [0.25, 0.3) is 0 Å². The van der Waals surface area contributed by atoms with Crippen LogP contribution >= 0.6 is 0 Å². The Kier molecular flexibility index (Phi) is 5.18. The van der Waals surface area contributed by atoms with Crippen LogP contribution in [0.1, 0.15) is 6.92 Å². The summed E-state index contributed by atoms with van der Waals surface area (Å²) in [6.07, 6.45) is 0. The maximum Gasteiger partial charge on any atom is 0.221 e. The number of ether oxygens (including phenoxy) is 1. The van der Waals surface area contributed by atoms with Crippen molar-refractivity contribution in [3.63, 3.8) is 0 Å². The van der Waals surface area contributed by atoms with Crippen LogP contribution < -0.4 is 15.4 Å². The van der Waals surface area contributed by atoms with Gasteiger partial charge < -0.3 is 15.4 Å². The molecule has 0 saturated carbocycles. The second kappa shape index (κ2) is 7.11. The fourth-order valence-electron chi connectivity index (χ4n) is 2.10. The predicted molar refractivity (Wildman–Crippen MR) is 75.6 cm³/mol. The molecule has 1 aliphatic rings. The van der Waals surface area contributed by atoms with Gasteiger partial charge in [-0.15, -0.1) is 0 Å². The number of nitrogens with one attached hydrogen (secondary N) is 2. The summed E-state index contributed by atoms with van der Waals surface area (Å²) in [7, 11) is 0. The number of amides is 1. The molecule has 0 spiro atoms. The highest BCUT2D eigenvalue weighted by atomic mass is 16.5. The lowest BCUT2D eigenvalue weighted by atomic mass is 10.3. The molecule has 0 aliphatic carbocycles. The van der Waals surface area contributed by atoms with Crippen molar-refractivity contribution in [3.8, 4) is 5.75 Å². The second-order valence-corrected chi connectivity index (χ2v) is 4.62. The zero-order valence-electron chi connectivity index (χ0n) is 11.3. The van der Waals surface area contributed by atoms with Crippen molar-refractivity contribution in [2.45, 2.75) is 6.92 Å². The molecule has 1 aliphatic heterocycles. The van der Waals surface area contributed by atoms with E-state index in [1.807, 2.05) is 24.3 Å². The summed E-state index contributed by atoms with van der Waals surface area (Å²) in [6.45, 7) is 7.27. The number of rotatable bonds is 5. The molecule has 0 bridgehead atoms. The molecule has 1 fully saturated rings. The third-order valence-electron chi connectivity index (χ3n) is 3.07. The molecule has 0 radical (unpaired) electrons. The number of carbonyl (C=O) groups excluding carboxylic acids is 1. The molecular formula is C14H21N3O2. The van der Waals surface area contributed by atoms with Gasteiger partial charge in [0.15, 0.2) is 0 Å². The van der Waals surface area contributed by atoms with Crippen LogP contribution in [0.5, 0.6) is 5.75 Å². The maximum absolute atomic E-state index is 11.1. The summed E-state index contributed by atoms with van der Waals surface area (Å²) in [6, 6.07) is 7.52. The van der Waals surface area contributed by atoms with Crippen LogP contribution in [-0.2, 0) is 4.79 Å². The third kappa shape index (κ3) is 4.54. The number of anilines is 1. The first-order chi connectivity index (χ1) is 9.25. The molecule has 5 nitrogen and oxygen atoms in total. The number of hydrogen-bond acceptors (Lipinski definition) is 4. The van der Waals surface area contributed by atoms with E-state index in [1.54, 1.807) is 0 Å². The topological polar surface area (TPSA) is 53.6 Å². The van der Waals surface area contributed by atoms with Gasteiger partial charge in [0.05, 0.1) is 5.69 Å². The Morgan fingerprint density at radius 2 is 2.11 bits per heavy atom. The van der Waals surface area contributed by atoms with Gasteiger partial charge in [0.2, 0.25) is 5.91 Å². The van der Waals surface area contributed by atoms with Gasteiger partial charge in [0, 0.05) is 39.6 Å². The lowest BCUT2D eigenvalue weighted by molar-refractivity contribution is -0.114. The smallest absolute Gasteiger partial charge is 0.221 e. The molecule has 0 aromatic heterocycles. The first-order valence-corrected chi connectivity index (χ1v) is 6.68. The fourth-order valence-corrected chi connectivity index (χ4v) is 2.10. The van der Waals surface area contributed by atoms with Crippen LogP contribution in [0.3, 0.4) is 0 Å². The van der Waals surface area contributed by atoms with Crippen molar-refractivity contribution in [1.29, 1.82) is 0 Å². The summed E-state index contributed by atoms with van der Waals surface area (Å²) < 4.78 is 5.76. The molecule has 0 atom stereocenters. The van der Waals surface area contributed by atoms with Gasteiger partial charge in [-0.25, -0.2) is 0 Å². The maximum atomic E-state index is 11.1. The van der Waals surface area contributed by atoms with E-state index in [1.165, 1.54) is 6.92 Å². The van der Waals surface area contributed by atoms with Crippen molar-refractivity contribution in [1.82, 2.24) is 10.2 Å². The van der Waals surface area contributed by atoms with Crippen molar-refractivity contribution in [2.75, 3.05) is 44.6 Å². The van der Waals surface area contributed by atoms with Crippen LogP contribution in [0, 0.1) is 0 Å². The van der Waals surface area contributed by atoms with Crippen LogP contribution in [0.2, 0.25) is 0 Å². The molecule has 2 rings (SSSR count). The fraction of sp³-hybridized carbons (Fsp3) is 0.500. The van der Waals surface area contributed by atoms with E-state index in [0.717, 1.165) is 44.2 Å². The van der Waals surface area contributed by atoms with E-state index in [0.29, 0.717) is 6.61 Å². The van der Waals surface area contributed by atoms with E-state index < -0.39 is 0 Å². The molecule has 0 unspecified atom stereocenters. The average Bonchev–Trinajstić information content (AvgIpc) is 2.41. The molecule has 1 heterocycles. The van der Waals surface area contributed by atoms with Gasteiger partial charge in [-0.1, -0.05) is 12.1 Å². The minimum Gasteiger partial charge on any atom is -0.490 e. The Hall–Kier alpha value is -1.59. The van der Waals surface area contributed by atoms with Crippen LogP contribution in [0.15, 0.2) is 24.3 Å². The Balaban J connectivity index is 1.83. The Morgan fingerprint density at radius 3 is 2.84 bits per heavy atom. The molecule has 104 valence electrons. The van der Waals surface area contributed by atoms with E-state index in [2.05, 4.69) is 15.5 Å². The highest BCUT2D eigenvalue weighted by molar-refractivity contribution is 5.90. The van der Waals surface area contributed by atoms with Gasteiger partial charge in [0.1, 0.15) is 12.4 Å². The normalized spacial score (nSPS) is 16.1. The molecule has 1 aromatic rings. The van der Waals surface area contributed by atoms with E-state index in [-0.39, 0.29) is 5.91 Å². The highest BCUT2D eigenvalue weighted by Gasteiger charge is 2.10. The molecule has 2 N–H and O–H groups in total. The van der Waals surface area contributed by atoms with Crippen LogP contribution in [-0.4, -0.2) is 50.1 Å². The van der Waals surface area contributed by atoms with Crippen molar-refractivity contribution in [2.24, 2.45) is 0 Å². The zero-order valence-corrected chi connectivity index (χ0v) is 11.3. The Labute approximate surface area is 113 Å². The van der Waals surface area contributed by atoms with Gasteiger partial charge in [-0.3, -0.25) is 9.69 Å². The lowest BCUT2D eigenvalue weighted by Gasteiger charge is -2.27. The molecule has 19 heavy (non-hydrogen) atoms. The number of piperazine rings is 1. The highest BCUT2D eigenvalue weighted by Crippen LogP contribution is 2.23. The van der Waals surface area contributed by atoms with Crippen LogP contribution in [0.4, 0.5) is 5.69 Å². The molecule has 1 amide bonds. The van der Waals surface area contributed by atoms with Gasteiger partial charge in [-0.05, 0) is 12.1 Å². The predicted octanol–water partition coefficient (Wildman–Crippen LogP) is 0.929. The molecule has 5 heteroatoms. The standard InChI is InChI=1S/C14H21N3O2/c1-12(18)16-13-4-2-3-5-14(13)19-11-10-17-8-6-15-7-9-17/h2-5,15H,6-11H2,1H3,(H,16,18). The monoisotopic (exact) mass is 263 g/mol. The van der Waals surface area contributed by atoms with Crippen molar-refractivity contribution in [3.05, 3.63) is 24.3 Å². The first kappa shape index (κ1) is 13.8. The van der Waals surface area contributed by atoms with Crippen molar-refractivity contribution >= 4 is 11.6 Å². The minimum absolute atomic E-state index is 0.0850. The largest absolute Gasteiger partial charge is 0.490 e. The van der Waals surface area contributed by atoms with E-state index in [9.17, 15) is 4.79 Å². The Bertz CT molecular complexity index is 417. The van der Waals surface area contributed by atoms with Crippen molar-refractivity contribution < 1.29 is 9.53 Å². The quantitative estimate of drug-likeness (QED) is 0.830. The third-order valence-corrected chi connectivity index (χ3v) is 3.07. The summed E-state index contributed by atoms with van der Waals surface area (Å²) in [5, 5.41) is 6.10. The first-order valence-electron chi connectivity index (χ1n) is 6.68. The Morgan fingerprint density at radius 1 is 1.37 bits per heavy atom. The number of carbonyl (C=O) groups is 1. The number of nitrogens with zero attached hydrogens (tertiary/aromatic N) is 1. The van der Waals surface area contributed by atoms with Gasteiger partial charge in [-0.2, -0.15) is 0 Å². The number of benzene rings is 1. The molecular weight excluding hydrogens is 242 g/mol. The molecule has 1 aromatic carbocycles. The summed E-state index contributed by atoms with van der Waals surface area (Å²) in [4.78, 5) is 13.5. The van der Waals surface area contributed by atoms with E-state index in [4.69, 9.17) is 4.74 Å². The lowest BCUT2D eigenvalue weighted by Crippen LogP contribution is -2.44. The minimum atomic E-state index is -0.0850. The van der Waals surface area contributed by atoms with Gasteiger partial charge >= 0.3 is 0 Å². The molecule has 1 saturated heterocycles.